The van der Waals surface area contributed by atoms with Gasteiger partial charge in [-0.05, 0) is 58.5 Å². The van der Waals surface area contributed by atoms with Crippen molar-refractivity contribution in [3.8, 4) is 0 Å². The summed E-state index contributed by atoms with van der Waals surface area (Å²) < 4.78 is 0. The van der Waals surface area contributed by atoms with Crippen LogP contribution in [0.25, 0.3) is 0 Å². The van der Waals surface area contributed by atoms with Gasteiger partial charge < -0.3 is 15.5 Å². The maximum Gasteiger partial charge on any atom is 0.191 e. The largest absolute Gasteiger partial charge is 0.355 e. The summed E-state index contributed by atoms with van der Waals surface area (Å²) in [6, 6.07) is 1.80. The van der Waals surface area contributed by atoms with Gasteiger partial charge in [-0.3, -0.25) is 9.89 Å². The van der Waals surface area contributed by atoms with Crippen LogP contribution in [-0.2, 0) is 0 Å². The van der Waals surface area contributed by atoms with E-state index in [2.05, 4.69) is 53.1 Å². The van der Waals surface area contributed by atoms with E-state index in [1.807, 2.05) is 7.05 Å². The molecule has 2 fully saturated rings. The summed E-state index contributed by atoms with van der Waals surface area (Å²) in [4.78, 5) is 9.77. The van der Waals surface area contributed by atoms with Crippen LogP contribution in [0.5, 0.6) is 0 Å². The first-order valence-corrected chi connectivity index (χ1v) is 11.0. The van der Waals surface area contributed by atoms with Crippen LogP contribution in [0, 0.1) is 5.92 Å². The molecular formula is C21H43N5. The lowest BCUT2D eigenvalue weighted by atomic mass is 10.0. The predicted molar refractivity (Wildman–Crippen MR) is 113 cm³/mol. The monoisotopic (exact) mass is 365 g/mol. The van der Waals surface area contributed by atoms with Crippen molar-refractivity contribution in [2.24, 2.45) is 10.9 Å². The molecule has 0 radical (unpaired) electrons. The zero-order valence-corrected chi connectivity index (χ0v) is 17.9. The number of likely N-dealkylation sites (tertiary alicyclic amines) is 2. The molecule has 0 aromatic heterocycles. The lowest BCUT2D eigenvalue weighted by Crippen LogP contribution is -2.53. The Balaban J connectivity index is 1.80. The fraction of sp³-hybridized carbons (Fsp3) is 0.952. The van der Waals surface area contributed by atoms with Gasteiger partial charge in [-0.2, -0.15) is 0 Å². The van der Waals surface area contributed by atoms with Gasteiger partial charge >= 0.3 is 0 Å². The molecule has 2 aliphatic heterocycles. The standard InChI is InChI=1S/C21H43N5/c1-17(2)20(26-12-8-6-7-9-13-26)16-23-21(22-5)24-19-10-14-25(15-11-19)18(3)4/h17-20H,6-16H2,1-5H3,(H2,22,23,24). The third-order valence-electron chi connectivity index (χ3n) is 6.18. The zero-order valence-electron chi connectivity index (χ0n) is 17.9. The highest BCUT2D eigenvalue weighted by molar-refractivity contribution is 5.80. The van der Waals surface area contributed by atoms with Gasteiger partial charge in [0, 0.05) is 44.8 Å². The molecule has 5 heteroatoms. The molecule has 1 atom stereocenters. The number of aliphatic imine (C=N–C) groups is 1. The van der Waals surface area contributed by atoms with Crippen molar-refractivity contribution in [1.29, 1.82) is 0 Å². The number of piperidine rings is 1. The predicted octanol–water partition coefficient (Wildman–Crippen LogP) is 2.92. The zero-order chi connectivity index (χ0) is 18.9. The van der Waals surface area contributed by atoms with Gasteiger partial charge in [0.1, 0.15) is 0 Å². The van der Waals surface area contributed by atoms with Gasteiger partial charge in [-0.25, -0.2) is 0 Å². The molecule has 0 spiro atoms. The quantitative estimate of drug-likeness (QED) is 0.561. The summed E-state index contributed by atoms with van der Waals surface area (Å²) in [6.45, 7) is 15.2. The minimum atomic E-state index is 0.548. The number of hydrogen-bond donors (Lipinski definition) is 2. The molecule has 152 valence electrons. The average Bonchev–Trinajstić information content (AvgIpc) is 2.90. The average molecular weight is 366 g/mol. The molecule has 0 aliphatic carbocycles. The van der Waals surface area contributed by atoms with Crippen LogP contribution in [0.3, 0.4) is 0 Å². The molecule has 26 heavy (non-hydrogen) atoms. The Morgan fingerprint density at radius 3 is 2.04 bits per heavy atom. The van der Waals surface area contributed by atoms with Crippen molar-refractivity contribution in [3.05, 3.63) is 0 Å². The third kappa shape index (κ3) is 6.73. The smallest absolute Gasteiger partial charge is 0.191 e. The van der Waals surface area contributed by atoms with E-state index in [-0.39, 0.29) is 0 Å². The van der Waals surface area contributed by atoms with Gasteiger partial charge in [0.15, 0.2) is 5.96 Å². The second-order valence-corrected chi connectivity index (χ2v) is 8.76. The molecule has 0 saturated carbocycles. The number of guanidine groups is 1. The Morgan fingerprint density at radius 1 is 0.923 bits per heavy atom. The van der Waals surface area contributed by atoms with Gasteiger partial charge in [0.05, 0.1) is 0 Å². The summed E-state index contributed by atoms with van der Waals surface area (Å²) >= 11 is 0. The van der Waals surface area contributed by atoms with Crippen molar-refractivity contribution in [3.63, 3.8) is 0 Å². The Kier molecular flexibility index (Phi) is 9.20. The Morgan fingerprint density at radius 2 is 1.54 bits per heavy atom. The van der Waals surface area contributed by atoms with Crippen LogP contribution >= 0.6 is 0 Å². The normalized spacial score (nSPS) is 23.3. The Bertz CT molecular complexity index is 405. The van der Waals surface area contributed by atoms with Crippen molar-refractivity contribution < 1.29 is 0 Å². The van der Waals surface area contributed by atoms with Gasteiger partial charge in [0.2, 0.25) is 0 Å². The molecule has 0 aromatic carbocycles. The lowest BCUT2D eigenvalue weighted by Gasteiger charge is -2.36. The van der Waals surface area contributed by atoms with Crippen molar-refractivity contribution >= 4 is 5.96 Å². The number of nitrogens with one attached hydrogen (secondary N) is 2. The van der Waals surface area contributed by atoms with Crippen molar-refractivity contribution in [2.45, 2.75) is 84.3 Å². The maximum absolute atomic E-state index is 4.49. The van der Waals surface area contributed by atoms with Crippen molar-refractivity contribution in [2.75, 3.05) is 39.8 Å². The molecule has 0 aromatic rings. The number of nitrogens with zero attached hydrogens (tertiary/aromatic N) is 3. The summed E-state index contributed by atoms with van der Waals surface area (Å²) in [7, 11) is 1.90. The highest BCUT2D eigenvalue weighted by Crippen LogP contribution is 2.17. The Hall–Kier alpha value is -0.810. The molecule has 5 nitrogen and oxygen atoms in total. The first-order valence-electron chi connectivity index (χ1n) is 11.0. The van der Waals surface area contributed by atoms with Gasteiger partial charge in [-0.1, -0.05) is 26.7 Å². The molecule has 0 bridgehead atoms. The number of hydrogen-bond acceptors (Lipinski definition) is 3. The molecule has 2 rings (SSSR count). The minimum absolute atomic E-state index is 0.548. The Labute approximate surface area is 162 Å². The highest BCUT2D eigenvalue weighted by Gasteiger charge is 2.24. The summed E-state index contributed by atoms with van der Waals surface area (Å²) in [5.41, 5.74) is 0. The first kappa shape index (κ1) is 21.5. The van der Waals surface area contributed by atoms with E-state index in [1.165, 1.54) is 64.7 Å². The van der Waals surface area contributed by atoms with Crippen LogP contribution in [0.2, 0.25) is 0 Å². The van der Waals surface area contributed by atoms with Gasteiger partial charge in [-0.15, -0.1) is 0 Å². The highest BCUT2D eigenvalue weighted by atomic mass is 15.2. The molecule has 2 heterocycles. The second kappa shape index (κ2) is 11.1. The second-order valence-electron chi connectivity index (χ2n) is 8.76. The molecule has 2 aliphatic rings. The van der Waals surface area contributed by atoms with Crippen LogP contribution in [0.15, 0.2) is 4.99 Å². The van der Waals surface area contributed by atoms with Crippen LogP contribution in [0.4, 0.5) is 0 Å². The molecule has 2 N–H and O–H groups in total. The van der Waals surface area contributed by atoms with E-state index < -0.39 is 0 Å². The summed E-state index contributed by atoms with van der Waals surface area (Å²) in [6.07, 6.45) is 7.91. The van der Waals surface area contributed by atoms with E-state index in [9.17, 15) is 0 Å². The molecular weight excluding hydrogens is 322 g/mol. The van der Waals surface area contributed by atoms with Crippen LogP contribution < -0.4 is 10.6 Å². The fourth-order valence-corrected chi connectivity index (χ4v) is 4.36. The molecule has 1 unspecified atom stereocenters. The third-order valence-corrected chi connectivity index (χ3v) is 6.18. The topological polar surface area (TPSA) is 42.9 Å². The maximum atomic E-state index is 4.49. The molecule has 0 amide bonds. The summed E-state index contributed by atoms with van der Waals surface area (Å²) in [5, 5.41) is 7.30. The van der Waals surface area contributed by atoms with Crippen LogP contribution in [-0.4, -0.2) is 73.7 Å². The SMILES string of the molecule is CN=C(NCC(C(C)C)N1CCCCCC1)NC1CCN(C(C)C)CC1. The van der Waals surface area contributed by atoms with E-state index in [4.69, 9.17) is 0 Å². The molecule has 2 saturated heterocycles. The van der Waals surface area contributed by atoms with E-state index in [0.29, 0.717) is 24.0 Å². The van der Waals surface area contributed by atoms with E-state index >= 15 is 0 Å². The van der Waals surface area contributed by atoms with E-state index in [1.54, 1.807) is 0 Å². The van der Waals surface area contributed by atoms with E-state index in [0.717, 1.165) is 12.5 Å². The summed E-state index contributed by atoms with van der Waals surface area (Å²) in [5.74, 6) is 1.64. The first-order chi connectivity index (χ1) is 12.5. The minimum Gasteiger partial charge on any atom is -0.355 e. The lowest BCUT2D eigenvalue weighted by molar-refractivity contribution is 0.159. The van der Waals surface area contributed by atoms with Crippen molar-refractivity contribution in [1.82, 2.24) is 20.4 Å². The fourth-order valence-electron chi connectivity index (χ4n) is 4.36. The van der Waals surface area contributed by atoms with Crippen LogP contribution in [0.1, 0.15) is 66.2 Å². The van der Waals surface area contributed by atoms with Gasteiger partial charge in [0.25, 0.3) is 0 Å². The number of rotatable bonds is 6.